The van der Waals surface area contributed by atoms with Crippen molar-refractivity contribution in [3.8, 4) is 5.75 Å². The number of anilines is 1. The number of halogens is 4. The summed E-state index contributed by atoms with van der Waals surface area (Å²) in [5, 5.41) is 11.3. The summed E-state index contributed by atoms with van der Waals surface area (Å²) in [6, 6.07) is 7.60. The van der Waals surface area contributed by atoms with Crippen molar-refractivity contribution < 1.29 is 36.9 Å². The number of carbonyl (C=O) groups is 1. The van der Waals surface area contributed by atoms with Crippen molar-refractivity contribution in [1.29, 1.82) is 0 Å². The van der Waals surface area contributed by atoms with Crippen molar-refractivity contribution in [1.82, 2.24) is 9.80 Å². The molecule has 2 unspecified atom stereocenters. The van der Waals surface area contributed by atoms with Gasteiger partial charge < -0.3 is 24.4 Å². The molecular weight excluding hydrogens is 592 g/mol. The fourth-order valence-electron chi connectivity index (χ4n) is 5.58. The van der Waals surface area contributed by atoms with Gasteiger partial charge in [-0.3, -0.25) is 9.69 Å². The van der Waals surface area contributed by atoms with Gasteiger partial charge in [-0.1, -0.05) is 32.9 Å². The molecule has 0 aliphatic carbocycles. The molecule has 0 bridgehead atoms. The maximum atomic E-state index is 15.3. The van der Waals surface area contributed by atoms with Gasteiger partial charge in [0, 0.05) is 43.5 Å². The third-order valence-electron chi connectivity index (χ3n) is 8.00. The summed E-state index contributed by atoms with van der Waals surface area (Å²) in [7, 11) is 2.80. The first-order chi connectivity index (χ1) is 21.2. The number of alkyl halides is 3. The third kappa shape index (κ3) is 8.01. The van der Waals surface area contributed by atoms with Crippen molar-refractivity contribution in [2.45, 2.75) is 65.6 Å². The summed E-state index contributed by atoms with van der Waals surface area (Å²) in [6.07, 6.45) is -0.180. The van der Waals surface area contributed by atoms with E-state index in [9.17, 15) is 23.1 Å². The summed E-state index contributed by atoms with van der Waals surface area (Å²) < 4.78 is 67.7. The van der Waals surface area contributed by atoms with Crippen LogP contribution < -0.4 is 9.64 Å². The Bertz CT molecular complexity index is 1370. The van der Waals surface area contributed by atoms with Gasteiger partial charge in [0.1, 0.15) is 23.0 Å². The third-order valence-corrected chi connectivity index (χ3v) is 8.00. The lowest BCUT2D eigenvalue weighted by Gasteiger charge is -2.51. The number of esters is 1. The molecule has 0 amide bonds. The Hall–Kier alpha value is -3.96. The summed E-state index contributed by atoms with van der Waals surface area (Å²) in [5.41, 5.74) is -0.432. The van der Waals surface area contributed by atoms with E-state index in [1.165, 1.54) is 25.0 Å². The zero-order valence-electron chi connectivity index (χ0n) is 27.0. The van der Waals surface area contributed by atoms with Gasteiger partial charge >= 0.3 is 12.1 Å². The Kier molecular flexibility index (Phi) is 11.7. The zero-order chi connectivity index (χ0) is 33.5. The predicted octanol–water partition coefficient (Wildman–Crippen LogP) is 7.28. The van der Waals surface area contributed by atoms with Crippen molar-refractivity contribution in [2.75, 3.05) is 45.3 Å². The standard InChI is InChI=1S/C33H44F4N4O4/c1-8-11-26-30(23(4)34)38-31(40-17-15-39(16-18-40)24-13-10-14-25(20-24)44-6)41(32(26,5)21-29(43)45-7)27(28(42)12-9-2)19-22(3)33(35,36)37/h10-14,19-20,22,42H,8-9,15-18,21H2,1-7H3/b26-11?,27-19+,28-12+,30-23-. The fourth-order valence-corrected chi connectivity index (χ4v) is 5.58. The van der Waals surface area contributed by atoms with Crippen molar-refractivity contribution in [3.05, 3.63) is 71.0 Å². The Morgan fingerprint density at radius 3 is 2.31 bits per heavy atom. The number of hydrogen-bond donors (Lipinski definition) is 1. The second-order valence-corrected chi connectivity index (χ2v) is 11.2. The molecule has 0 spiro atoms. The summed E-state index contributed by atoms with van der Waals surface area (Å²) >= 11 is 0. The van der Waals surface area contributed by atoms with Gasteiger partial charge in [-0.2, -0.15) is 13.2 Å². The van der Waals surface area contributed by atoms with Gasteiger partial charge in [-0.15, -0.1) is 0 Å². The Balaban J connectivity index is 2.28. The quantitative estimate of drug-likeness (QED) is 0.132. The second kappa shape index (κ2) is 14.9. The number of nitrogens with zero attached hydrogens (tertiary/aromatic N) is 4. The molecule has 248 valence electrons. The highest BCUT2D eigenvalue weighted by atomic mass is 19.4. The number of aliphatic hydroxyl groups is 1. The molecule has 2 aliphatic heterocycles. The van der Waals surface area contributed by atoms with Crippen LogP contribution in [0, 0.1) is 5.92 Å². The number of guanidine groups is 1. The van der Waals surface area contributed by atoms with Crippen LogP contribution in [0.25, 0.3) is 0 Å². The van der Waals surface area contributed by atoms with Crippen molar-refractivity contribution in [2.24, 2.45) is 10.9 Å². The minimum absolute atomic E-state index is 0.00749. The number of benzene rings is 1. The van der Waals surface area contributed by atoms with Gasteiger partial charge in [0.25, 0.3) is 0 Å². The number of hydrogen-bond acceptors (Lipinski definition) is 8. The molecule has 2 aliphatic rings. The molecule has 0 radical (unpaired) electrons. The lowest BCUT2D eigenvalue weighted by Crippen LogP contribution is -2.62. The number of ether oxygens (including phenoxy) is 2. The number of piperazine rings is 1. The monoisotopic (exact) mass is 636 g/mol. The van der Waals surface area contributed by atoms with Gasteiger partial charge in [0.05, 0.1) is 37.8 Å². The van der Waals surface area contributed by atoms with E-state index in [0.717, 1.165) is 18.7 Å². The number of methoxy groups -OCH3 is 2. The highest BCUT2D eigenvalue weighted by Gasteiger charge is 2.49. The zero-order valence-corrected chi connectivity index (χ0v) is 27.0. The fraction of sp³-hybridized carbons (Fsp3) is 0.515. The van der Waals surface area contributed by atoms with E-state index < -0.39 is 35.2 Å². The van der Waals surface area contributed by atoms with Crippen LogP contribution in [0.2, 0.25) is 0 Å². The second-order valence-electron chi connectivity index (χ2n) is 11.2. The van der Waals surface area contributed by atoms with Crippen LogP contribution >= 0.6 is 0 Å². The predicted molar refractivity (Wildman–Crippen MR) is 168 cm³/mol. The lowest BCUT2D eigenvalue weighted by atomic mass is 9.81. The first-order valence-corrected chi connectivity index (χ1v) is 15.1. The molecule has 45 heavy (non-hydrogen) atoms. The first-order valence-electron chi connectivity index (χ1n) is 15.1. The normalized spacial score (nSPS) is 22.8. The van der Waals surface area contributed by atoms with E-state index >= 15 is 4.39 Å². The van der Waals surface area contributed by atoms with E-state index in [-0.39, 0.29) is 23.8 Å². The minimum Gasteiger partial charge on any atom is -0.506 e. The van der Waals surface area contributed by atoms with Crippen LogP contribution in [-0.2, 0) is 9.53 Å². The minimum atomic E-state index is -4.62. The van der Waals surface area contributed by atoms with Crippen LogP contribution in [0.3, 0.4) is 0 Å². The van der Waals surface area contributed by atoms with Crippen LogP contribution in [0.4, 0.5) is 23.2 Å². The van der Waals surface area contributed by atoms with Crippen molar-refractivity contribution in [3.63, 3.8) is 0 Å². The average Bonchev–Trinajstić information content (AvgIpc) is 3.00. The molecule has 1 aromatic rings. The van der Waals surface area contributed by atoms with Crippen LogP contribution in [0.15, 0.2) is 76.0 Å². The molecule has 8 nitrogen and oxygen atoms in total. The number of rotatable bonds is 9. The molecule has 1 aromatic carbocycles. The largest absolute Gasteiger partial charge is 0.506 e. The van der Waals surface area contributed by atoms with Crippen molar-refractivity contribution >= 4 is 17.6 Å². The average molecular weight is 637 g/mol. The molecule has 1 saturated heterocycles. The van der Waals surface area contributed by atoms with E-state index in [4.69, 9.17) is 14.5 Å². The number of carbonyl (C=O) groups excluding carboxylic acids is 1. The summed E-state index contributed by atoms with van der Waals surface area (Å²) in [5.74, 6) is -2.82. The van der Waals surface area contributed by atoms with Gasteiger partial charge in [0.15, 0.2) is 0 Å². The van der Waals surface area contributed by atoms with E-state index in [2.05, 4.69) is 4.90 Å². The Morgan fingerprint density at radius 2 is 1.78 bits per heavy atom. The number of allylic oxidation sites excluding steroid dienone is 4. The summed E-state index contributed by atoms with van der Waals surface area (Å²) in [4.78, 5) is 23.1. The van der Waals surface area contributed by atoms with Crippen LogP contribution in [0.5, 0.6) is 5.75 Å². The molecule has 12 heteroatoms. The van der Waals surface area contributed by atoms with Gasteiger partial charge in [0.2, 0.25) is 5.96 Å². The maximum absolute atomic E-state index is 15.3. The Labute approximate surface area is 263 Å². The smallest absolute Gasteiger partial charge is 0.394 e. The van der Waals surface area contributed by atoms with Crippen LogP contribution in [0.1, 0.15) is 53.9 Å². The molecule has 3 rings (SSSR count). The molecule has 2 heterocycles. The summed E-state index contributed by atoms with van der Waals surface area (Å²) in [6.45, 7) is 9.21. The van der Waals surface area contributed by atoms with E-state index in [0.29, 0.717) is 50.3 Å². The lowest BCUT2D eigenvalue weighted by molar-refractivity contribution is -0.156. The highest BCUT2D eigenvalue weighted by molar-refractivity contribution is 5.89. The first kappa shape index (κ1) is 35.5. The van der Waals surface area contributed by atoms with E-state index in [1.807, 2.05) is 36.1 Å². The van der Waals surface area contributed by atoms with Gasteiger partial charge in [-0.25, -0.2) is 9.38 Å². The Morgan fingerprint density at radius 1 is 1.13 bits per heavy atom. The maximum Gasteiger partial charge on any atom is 0.394 e. The molecule has 2 atom stereocenters. The number of aliphatic imine (C=N–C) groups is 1. The molecule has 1 fully saturated rings. The molecule has 0 saturated carbocycles. The highest BCUT2D eigenvalue weighted by Crippen LogP contribution is 2.45. The molecule has 1 N–H and O–H groups in total. The van der Waals surface area contributed by atoms with E-state index in [1.54, 1.807) is 27.0 Å². The molecule has 0 aromatic heterocycles. The molecular formula is C33H44F4N4O4. The SMILES string of the molecule is CCC=C1/C(=C(\C)F)N=C(N2CCN(c3cccc(OC)c3)CC2)N(C(=C/C(C)C(F)(F)F)/C(O)=C\CC)C1(C)CC(=O)OC. The number of aliphatic hydroxyl groups excluding tert-OH is 1. The van der Waals surface area contributed by atoms with Crippen LogP contribution in [-0.4, -0.2) is 78.9 Å². The van der Waals surface area contributed by atoms with Gasteiger partial charge in [-0.05, 0) is 51.0 Å². The topological polar surface area (TPSA) is 77.8 Å².